The van der Waals surface area contributed by atoms with Crippen molar-refractivity contribution in [1.82, 2.24) is 9.78 Å². The second kappa shape index (κ2) is 4.39. The van der Waals surface area contributed by atoms with Crippen molar-refractivity contribution in [3.05, 3.63) is 21.0 Å². The Morgan fingerprint density at radius 1 is 1.71 bits per heavy atom. The summed E-state index contributed by atoms with van der Waals surface area (Å²) in [6.07, 6.45) is 0. The minimum Gasteiger partial charge on any atom is -0.378 e. The first kappa shape index (κ1) is 10.9. The summed E-state index contributed by atoms with van der Waals surface area (Å²) in [6.45, 7) is 2.38. The molecule has 0 N–H and O–H groups in total. The number of halogens is 1. The van der Waals surface area contributed by atoms with Gasteiger partial charge < -0.3 is 4.74 Å². The van der Waals surface area contributed by atoms with Gasteiger partial charge in [-0.25, -0.2) is 4.68 Å². The lowest BCUT2D eigenvalue weighted by Crippen LogP contribution is -1.97. The van der Waals surface area contributed by atoms with Crippen LogP contribution < -0.4 is 0 Å². The molecular formula is C7H10ClN3O3. The number of aryl methyl sites for hydroxylation is 1. The normalized spacial score (nSPS) is 10.5. The molecule has 0 spiro atoms. The third kappa shape index (κ3) is 1.85. The minimum absolute atomic E-state index is 0.0459. The topological polar surface area (TPSA) is 70.2 Å². The van der Waals surface area contributed by atoms with E-state index in [1.807, 2.05) is 0 Å². The van der Waals surface area contributed by atoms with E-state index in [1.165, 1.54) is 11.8 Å². The number of hydrogen-bond donors (Lipinski definition) is 0. The van der Waals surface area contributed by atoms with E-state index >= 15 is 0 Å². The highest BCUT2D eigenvalue weighted by Gasteiger charge is 2.25. The van der Waals surface area contributed by atoms with Crippen molar-refractivity contribution in [3.8, 4) is 0 Å². The van der Waals surface area contributed by atoms with E-state index in [2.05, 4.69) is 5.10 Å². The Morgan fingerprint density at radius 3 is 2.79 bits per heavy atom. The molecule has 0 saturated carbocycles. The smallest absolute Gasteiger partial charge is 0.331 e. The molecule has 0 aliphatic carbocycles. The third-order valence-electron chi connectivity index (χ3n) is 1.70. The Labute approximate surface area is 85.6 Å². The van der Waals surface area contributed by atoms with Crippen molar-refractivity contribution in [2.45, 2.75) is 20.1 Å². The number of nitrogens with zero attached hydrogens (tertiary/aromatic N) is 3. The largest absolute Gasteiger partial charge is 0.378 e. The number of ether oxygens (including phenoxy) is 1. The summed E-state index contributed by atoms with van der Waals surface area (Å²) in [5.41, 5.74) is 0.0831. The minimum atomic E-state index is -0.546. The summed E-state index contributed by atoms with van der Waals surface area (Å²) in [4.78, 5) is 10.1. The Hall–Kier alpha value is -1.14. The monoisotopic (exact) mass is 219 g/mol. The number of hydrogen-bond acceptors (Lipinski definition) is 4. The molecule has 78 valence electrons. The summed E-state index contributed by atoms with van der Waals surface area (Å²) in [5, 5.41) is 14.7. The van der Waals surface area contributed by atoms with Crippen LogP contribution in [0, 0.1) is 10.1 Å². The Bertz CT molecular complexity index is 350. The van der Waals surface area contributed by atoms with Crippen LogP contribution in [0.2, 0.25) is 5.15 Å². The van der Waals surface area contributed by atoms with Gasteiger partial charge in [0.05, 0.1) is 11.5 Å². The van der Waals surface area contributed by atoms with Gasteiger partial charge in [-0.05, 0) is 6.92 Å². The van der Waals surface area contributed by atoms with Crippen LogP contribution in [0.4, 0.5) is 5.69 Å². The molecule has 6 nitrogen and oxygen atoms in total. The predicted octanol–water partition coefficient (Wildman–Crippen LogP) is 1.61. The van der Waals surface area contributed by atoms with E-state index in [1.54, 1.807) is 6.92 Å². The first-order valence-electron chi connectivity index (χ1n) is 4.00. The number of methoxy groups -OCH3 is 1. The van der Waals surface area contributed by atoms with Gasteiger partial charge in [0.1, 0.15) is 0 Å². The molecule has 1 aromatic rings. The molecule has 0 saturated heterocycles. The molecule has 0 aliphatic rings. The maximum atomic E-state index is 10.7. The molecule has 0 radical (unpaired) electrons. The van der Waals surface area contributed by atoms with E-state index in [-0.39, 0.29) is 23.1 Å². The highest BCUT2D eigenvalue weighted by Crippen LogP contribution is 2.28. The summed E-state index contributed by atoms with van der Waals surface area (Å²) in [5.74, 6) is 0. The van der Waals surface area contributed by atoms with E-state index in [9.17, 15) is 10.1 Å². The molecule has 7 heteroatoms. The Kier molecular flexibility index (Phi) is 3.43. The van der Waals surface area contributed by atoms with E-state index in [0.29, 0.717) is 6.54 Å². The predicted molar refractivity (Wildman–Crippen MR) is 50.3 cm³/mol. The van der Waals surface area contributed by atoms with Gasteiger partial charge in [-0.15, -0.1) is 0 Å². The Morgan fingerprint density at radius 2 is 2.36 bits per heavy atom. The van der Waals surface area contributed by atoms with E-state index in [0.717, 1.165) is 0 Å². The zero-order valence-electron chi connectivity index (χ0n) is 7.86. The molecular weight excluding hydrogens is 210 g/mol. The fraction of sp³-hybridized carbons (Fsp3) is 0.571. The van der Waals surface area contributed by atoms with Gasteiger partial charge in [0.2, 0.25) is 5.15 Å². The SMILES string of the molecule is CCn1nc(COC)c([N+](=O)[O-])c1Cl. The summed E-state index contributed by atoms with van der Waals surface area (Å²) in [6, 6.07) is 0. The van der Waals surface area contributed by atoms with Crippen LogP contribution in [0.1, 0.15) is 12.6 Å². The molecule has 0 bridgehead atoms. The molecule has 0 aliphatic heterocycles. The lowest BCUT2D eigenvalue weighted by atomic mass is 10.4. The van der Waals surface area contributed by atoms with Crippen LogP contribution >= 0.6 is 11.6 Å². The Balaban J connectivity index is 3.20. The summed E-state index contributed by atoms with van der Waals surface area (Å²) < 4.78 is 6.16. The molecule has 1 aromatic heterocycles. The van der Waals surface area contributed by atoms with Crippen LogP contribution in [0.3, 0.4) is 0 Å². The van der Waals surface area contributed by atoms with Crippen molar-refractivity contribution in [1.29, 1.82) is 0 Å². The molecule has 0 fully saturated rings. The summed E-state index contributed by atoms with van der Waals surface area (Å²) in [7, 11) is 1.45. The van der Waals surface area contributed by atoms with Crippen molar-refractivity contribution in [2.75, 3.05) is 7.11 Å². The van der Waals surface area contributed by atoms with Gasteiger partial charge in [-0.1, -0.05) is 11.6 Å². The zero-order chi connectivity index (χ0) is 10.7. The standard InChI is InChI=1S/C7H10ClN3O3/c1-3-10-7(8)6(11(12)13)5(9-10)4-14-2/h3-4H2,1-2H3. The molecule has 14 heavy (non-hydrogen) atoms. The maximum Gasteiger partial charge on any atom is 0.331 e. The average Bonchev–Trinajstić information content (AvgIpc) is 2.43. The van der Waals surface area contributed by atoms with Gasteiger partial charge in [-0.2, -0.15) is 5.10 Å². The molecule has 0 atom stereocenters. The second-order valence-electron chi connectivity index (χ2n) is 2.59. The first-order valence-corrected chi connectivity index (χ1v) is 4.38. The molecule has 1 heterocycles. The summed E-state index contributed by atoms with van der Waals surface area (Å²) >= 11 is 5.76. The molecule has 0 amide bonds. The second-order valence-corrected chi connectivity index (χ2v) is 2.95. The zero-order valence-corrected chi connectivity index (χ0v) is 8.61. The van der Waals surface area contributed by atoms with Crippen molar-refractivity contribution < 1.29 is 9.66 Å². The number of nitro groups is 1. The van der Waals surface area contributed by atoms with Gasteiger partial charge in [0, 0.05) is 13.7 Å². The fourth-order valence-electron chi connectivity index (χ4n) is 1.10. The number of rotatable bonds is 4. The fourth-order valence-corrected chi connectivity index (χ4v) is 1.44. The highest BCUT2D eigenvalue weighted by atomic mass is 35.5. The molecule has 1 rings (SSSR count). The lowest BCUT2D eigenvalue weighted by molar-refractivity contribution is -0.385. The molecule has 0 aromatic carbocycles. The quantitative estimate of drug-likeness (QED) is 0.570. The van der Waals surface area contributed by atoms with Crippen LogP contribution in [0.25, 0.3) is 0 Å². The third-order valence-corrected chi connectivity index (χ3v) is 2.07. The van der Waals surface area contributed by atoms with E-state index in [4.69, 9.17) is 16.3 Å². The number of aromatic nitrogens is 2. The van der Waals surface area contributed by atoms with Crippen LogP contribution in [-0.2, 0) is 17.9 Å². The highest BCUT2D eigenvalue weighted by molar-refractivity contribution is 6.31. The van der Waals surface area contributed by atoms with Gasteiger partial charge in [-0.3, -0.25) is 10.1 Å². The lowest BCUT2D eigenvalue weighted by Gasteiger charge is -1.93. The van der Waals surface area contributed by atoms with E-state index < -0.39 is 4.92 Å². The van der Waals surface area contributed by atoms with Crippen molar-refractivity contribution >= 4 is 17.3 Å². The van der Waals surface area contributed by atoms with Crippen LogP contribution in [0.15, 0.2) is 0 Å². The average molecular weight is 220 g/mol. The van der Waals surface area contributed by atoms with Gasteiger partial charge >= 0.3 is 5.69 Å². The van der Waals surface area contributed by atoms with Gasteiger partial charge in [0.15, 0.2) is 5.69 Å². The van der Waals surface area contributed by atoms with Crippen molar-refractivity contribution in [3.63, 3.8) is 0 Å². The first-order chi connectivity index (χ1) is 6.61. The maximum absolute atomic E-state index is 10.7. The molecule has 0 unspecified atom stereocenters. The van der Waals surface area contributed by atoms with Crippen molar-refractivity contribution in [2.24, 2.45) is 0 Å². The van der Waals surface area contributed by atoms with Gasteiger partial charge in [0.25, 0.3) is 0 Å². The van der Waals surface area contributed by atoms with Crippen LogP contribution in [0.5, 0.6) is 0 Å². The van der Waals surface area contributed by atoms with Crippen LogP contribution in [-0.4, -0.2) is 21.8 Å².